The fourth-order valence-electron chi connectivity index (χ4n) is 6.11. The number of hydrogen-bond donors (Lipinski definition) is 6. The Labute approximate surface area is 254 Å². The summed E-state index contributed by atoms with van der Waals surface area (Å²) in [6, 6.07) is 7.01. The molecule has 0 saturated heterocycles. The number of aliphatic carboxylic acids is 2. The average molecular weight is 597 g/mol. The second-order valence-electron chi connectivity index (χ2n) is 11.6. The van der Waals surface area contributed by atoms with Crippen molar-refractivity contribution in [3.05, 3.63) is 82.5 Å². The smallest absolute Gasteiger partial charge is 0.303 e. The number of nitrogens with one attached hydrogen (secondary N) is 2. The highest BCUT2D eigenvalue weighted by atomic mass is 16.4. The Morgan fingerprint density at radius 3 is 1.93 bits per heavy atom. The average Bonchev–Trinajstić information content (AvgIpc) is 3.58. The van der Waals surface area contributed by atoms with Crippen LogP contribution in [0.3, 0.4) is 0 Å². The van der Waals surface area contributed by atoms with Crippen molar-refractivity contribution in [1.82, 2.24) is 19.9 Å². The van der Waals surface area contributed by atoms with Crippen LogP contribution in [0.25, 0.3) is 45.4 Å². The third kappa shape index (κ3) is 4.95. The molecule has 8 bridgehead atoms. The highest BCUT2D eigenvalue weighted by Crippen LogP contribution is 2.47. The van der Waals surface area contributed by atoms with Gasteiger partial charge in [0.15, 0.2) is 0 Å². The van der Waals surface area contributed by atoms with E-state index in [1.807, 2.05) is 32.9 Å². The zero-order chi connectivity index (χ0) is 32.1. The van der Waals surface area contributed by atoms with Crippen molar-refractivity contribution in [3.8, 4) is 0 Å². The quantitative estimate of drug-likeness (QED) is 0.184. The fraction of sp³-hybridized carbons (Fsp3) is 0.294. The number of aryl methyl sites for hydroxylation is 2. The van der Waals surface area contributed by atoms with E-state index >= 15 is 0 Å². The van der Waals surface area contributed by atoms with Crippen molar-refractivity contribution in [1.29, 1.82) is 0 Å². The van der Waals surface area contributed by atoms with Gasteiger partial charge in [-0.25, -0.2) is 4.98 Å². The van der Waals surface area contributed by atoms with Crippen molar-refractivity contribution >= 4 is 57.3 Å². The number of aromatic nitrogens is 4. The maximum absolute atomic E-state index is 12.0. The summed E-state index contributed by atoms with van der Waals surface area (Å²) in [4.78, 5) is 39.5. The summed E-state index contributed by atoms with van der Waals surface area (Å²) >= 11 is 0. The van der Waals surface area contributed by atoms with Crippen molar-refractivity contribution in [3.63, 3.8) is 0 Å². The molecule has 0 aliphatic carbocycles. The first-order chi connectivity index (χ1) is 20.7. The number of carbonyl (C=O) groups is 2. The Morgan fingerprint density at radius 2 is 1.36 bits per heavy atom. The molecule has 0 fully saturated rings. The van der Waals surface area contributed by atoms with Crippen LogP contribution in [0.2, 0.25) is 0 Å². The summed E-state index contributed by atoms with van der Waals surface area (Å²) < 4.78 is 0. The first kappa shape index (κ1) is 30.7. The first-order valence-corrected chi connectivity index (χ1v) is 14.3. The molecule has 44 heavy (non-hydrogen) atoms. The fourth-order valence-corrected chi connectivity index (χ4v) is 6.11. The van der Waals surface area contributed by atoms with Crippen LogP contribution >= 0.6 is 0 Å². The van der Waals surface area contributed by atoms with E-state index in [1.54, 1.807) is 18.2 Å². The van der Waals surface area contributed by atoms with E-state index in [0.717, 1.165) is 44.4 Å². The van der Waals surface area contributed by atoms with Crippen molar-refractivity contribution in [2.45, 2.75) is 64.6 Å². The molecule has 2 atom stereocenters. The molecule has 10 nitrogen and oxygen atoms in total. The van der Waals surface area contributed by atoms with Gasteiger partial charge in [0.05, 0.1) is 22.8 Å². The number of fused-ring (bicyclic) bond motifs is 8. The molecule has 2 aliphatic heterocycles. The lowest BCUT2D eigenvalue weighted by molar-refractivity contribution is -0.159. The summed E-state index contributed by atoms with van der Waals surface area (Å²) in [5.41, 5.74) is 5.01. The maximum atomic E-state index is 12.0. The van der Waals surface area contributed by atoms with Gasteiger partial charge in [0.25, 0.3) is 0 Å². The molecule has 0 amide bonds. The van der Waals surface area contributed by atoms with Gasteiger partial charge in [-0.3, -0.25) is 14.6 Å². The van der Waals surface area contributed by atoms with Gasteiger partial charge in [-0.15, -0.1) is 0 Å². The van der Waals surface area contributed by atoms with Gasteiger partial charge in [0.2, 0.25) is 0 Å². The molecule has 0 spiro atoms. The molecule has 0 radical (unpaired) electrons. The minimum atomic E-state index is -2.08. The van der Waals surface area contributed by atoms with Crippen LogP contribution in [0.1, 0.15) is 84.6 Å². The molecular formula is C34H36N4O6. The number of rotatable bonds is 8. The van der Waals surface area contributed by atoms with E-state index in [1.165, 1.54) is 13.0 Å². The summed E-state index contributed by atoms with van der Waals surface area (Å²) in [5, 5.41) is 42.8. The molecule has 0 unspecified atom stereocenters. The third-order valence-electron chi connectivity index (χ3n) is 8.91. The zero-order valence-electron chi connectivity index (χ0n) is 25.2. The Hall–Kier alpha value is -4.80. The van der Waals surface area contributed by atoms with Crippen LogP contribution in [0.5, 0.6) is 0 Å². The first-order valence-electron chi connectivity index (χ1n) is 14.3. The Kier molecular flexibility index (Phi) is 7.69. The van der Waals surface area contributed by atoms with Gasteiger partial charge in [-0.05, 0) is 87.1 Å². The lowest BCUT2D eigenvalue weighted by atomic mass is 9.78. The number of allylic oxidation sites excluding steroid dienone is 2. The highest BCUT2D eigenvalue weighted by molar-refractivity contribution is 5.94. The van der Waals surface area contributed by atoms with Crippen LogP contribution in [0.4, 0.5) is 0 Å². The monoisotopic (exact) mass is 596 g/mol. The molecule has 0 aromatic carbocycles. The summed E-state index contributed by atoms with van der Waals surface area (Å²) in [7, 11) is 0. The molecule has 6 N–H and O–H groups in total. The zero-order valence-corrected chi connectivity index (χ0v) is 25.2. The second kappa shape index (κ2) is 11.0. The predicted molar refractivity (Wildman–Crippen MR) is 170 cm³/mol. The van der Waals surface area contributed by atoms with Crippen molar-refractivity contribution in [2.75, 3.05) is 0 Å². The summed E-state index contributed by atoms with van der Waals surface area (Å²) in [6.45, 7) is 15.2. The Balaban J connectivity index is 1.97. The lowest BCUT2D eigenvalue weighted by Gasteiger charge is -2.35. The number of carboxylic acids is 2. The number of carboxylic acid groups (broad SMARTS) is 2. The van der Waals surface area contributed by atoms with Gasteiger partial charge in [-0.1, -0.05) is 25.3 Å². The van der Waals surface area contributed by atoms with Crippen LogP contribution in [-0.2, 0) is 20.8 Å². The predicted octanol–water partition coefficient (Wildman–Crippen LogP) is 5.97. The molecule has 10 heteroatoms. The van der Waals surface area contributed by atoms with E-state index < -0.39 is 29.6 Å². The number of hydrogen-bond acceptors (Lipinski definition) is 6. The standard InChI is InChI=1S/C34H36N4O6/c1-7-20-17(3)23-13-27-21(8-2)18(4)25(37-27)15-29-33(6,43)34(44,12-11-32(41)42)30(38-29)16-28-22(9-10-31(39)40)19(5)24(36-28)14-26(20)35-23/h7-8,13-16,35,37,43-44H,1-2,9-12H2,3-6H3,(H,39,40)(H,41,42)/t33-,34+/m0/s1. The van der Waals surface area contributed by atoms with Crippen molar-refractivity contribution < 1.29 is 30.0 Å². The van der Waals surface area contributed by atoms with Crippen molar-refractivity contribution in [2.24, 2.45) is 0 Å². The number of aromatic amines is 2. The van der Waals surface area contributed by atoms with E-state index in [-0.39, 0.29) is 30.7 Å². The molecule has 3 aromatic rings. The largest absolute Gasteiger partial charge is 0.481 e. The normalized spacial score (nSPS) is 19.7. The number of H-pyrrole nitrogens is 2. The molecular weight excluding hydrogens is 560 g/mol. The molecule has 228 valence electrons. The highest BCUT2D eigenvalue weighted by Gasteiger charge is 2.54. The second-order valence-corrected chi connectivity index (χ2v) is 11.6. The van der Waals surface area contributed by atoms with Crippen LogP contribution in [0.15, 0.2) is 37.4 Å². The van der Waals surface area contributed by atoms with Crippen LogP contribution in [-0.4, -0.2) is 52.3 Å². The summed E-state index contributed by atoms with van der Waals surface area (Å²) in [6.07, 6.45) is 2.78. The van der Waals surface area contributed by atoms with Gasteiger partial charge in [-0.2, -0.15) is 0 Å². The molecule has 3 aromatic heterocycles. The SMILES string of the molecule is C=Cc1c(C)c2cc3[nH]c(cc4nc(cc5nc(cc1[nH]2)C(C)=C5CCC(=O)O)[C@](O)(CCC(=O)O)[C@@]4(C)O)c(C)c3C=C. The van der Waals surface area contributed by atoms with E-state index in [4.69, 9.17) is 4.98 Å². The molecule has 2 aliphatic rings. The van der Waals surface area contributed by atoms with E-state index in [2.05, 4.69) is 28.1 Å². The Morgan fingerprint density at radius 1 is 0.795 bits per heavy atom. The minimum Gasteiger partial charge on any atom is -0.481 e. The third-order valence-corrected chi connectivity index (χ3v) is 8.91. The molecule has 5 heterocycles. The minimum absolute atomic E-state index is 0.0347. The van der Waals surface area contributed by atoms with Crippen LogP contribution in [0, 0.1) is 13.8 Å². The topological polar surface area (TPSA) is 172 Å². The van der Waals surface area contributed by atoms with Gasteiger partial charge in [0.1, 0.15) is 11.2 Å². The summed E-state index contributed by atoms with van der Waals surface area (Å²) in [5.74, 6) is -2.11. The van der Waals surface area contributed by atoms with Gasteiger partial charge in [0, 0.05) is 46.0 Å². The Bertz CT molecular complexity index is 1940. The van der Waals surface area contributed by atoms with Crippen LogP contribution < -0.4 is 0 Å². The molecule has 0 saturated carbocycles. The van der Waals surface area contributed by atoms with Gasteiger partial charge < -0.3 is 30.4 Å². The maximum Gasteiger partial charge on any atom is 0.303 e. The van der Waals surface area contributed by atoms with Gasteiger partial charge >= 0.3 is 11.9 Å². The van der Waals surface area contributed by atoms with E-state index in [9.17, 15) is 30.0 Å². The molecule has 5 rings (SSSR count). The number of aliphatic hydroxyl groups is 2. The lowest BCUT2D eigenvalue weighted by Crippen LogP contribution is -2.44. The number of nitrogens with zero attached hydrogens (tertiary/aromatic N) is 2. The van der Waals surface area contributed by atoms with E-state index in [0.29, 0.717) is 22.5 Å².